The van der Waals surface area contributed by atoms with E-state index in [1.165, 1.54) is 12.8 Å². The number of aldehydes is 2. The van der Waals surface area contributed by atoms with Crippen molar-refractivity contribution in [1.82, 2.24) is 0 Å². The summed E-state index contributed by atoms with van der Waals surface area (Å²) in [6.07, 6.45) is 8.70. The molecule has 0 aromatic carbocycles. The van der Waals surface area contributed by atoms with Gasteiger partial charge in [0.1, 0.15) is 12.6 Å². The molecule has 0 amide bonds. The van der Waals surface area contributed by atoms with E-state index >= 15 is 0 Å². The van der Waals surface area contributed by atoms with Gasteiger partial charge in [0.2, 0.25) is 0 Å². The van der Waals surface area contributed by atoms with Gasteiger partial charge >= 0.3 is 0 Å². The summed E-state index contributed by atoms with van der Waals surface area (Å²) in [5.74, 6) is 1.21. The number of rotatable bonds is 2. The van der Waals surface area contributed by atoms with Crippen molar-refractivity contribution in [2.75, 3.05) is 0 Å². The molecule has 0 spiro atoms. The number of fused-ring (bicyclic) bond motifs is 5. The smallest absolute Gasteiger partial charge is 0.127 e. The summed E-state index contributed by atoms with van der Waals surface area (Å²) in [6, 6.07) is 0. The summed E-state index contributed by atoms with van der Waals surface area (Å²) in [4.78, 5) is 22.7. The van der Waals surface area contributed by atoms with Crippen molar-refractivity contribution in [3.63, 3.8) is 0 Å². The summed E-state index contributed by atoms with van der Waals surface area (Å²) < 4.78 is 0. The van der Waals surface area contributed by atoms with Crippen LogP contribution in [0.1, 0.15) is 38.5 Å². The average Bonchev–Trinajstić information content (AvgIpc) is 2.88. The number of hydrogen-bond donors (Lipinski definition) is 0. The fourth-order valence-electron chi connectivity index (χ4n) is 4.69. The molecular formula is C12H16O2. The first-order valence-corrected chi connectivity index (χ1v) is 5.71. The number of hydrogen-bond acceptors (Lipinski definition) is 2. The van der Waals surface area contributed by atoms with Crippen LogP contribution < -0.4 is 0 Å². The maximum atomic E-state index is 11.4. The van der Waals surface area contributed by atoms with E-state index in [4.69, 9.17) is 0 Å². The van der Waals surface area contributed by atoms with E-state index in [1.807, 2.05) is 0 Å². The minimum atomic E-state index is -0.249. The van der Waals surface area contributed by atoms with Crippen molar-refractivity contribution >= 4 is 12.6 Å². The minimum absolute atomic E-state index is 0.238. The van der Waals surface area contributed by atoms with Crippen LogP contribution in [0.4, 0.5) is 0 Å². The molecule has 3 rings (SSSR count). The monoisotopic (exact) mass is 192 g/mol. The maximum absolute atomic E-state index is 11.4. The van der Waals surface area contributed by atoms with Crippen LogP contribution in [0.25, 0.3) is 0 Å². The van der Waals surface area contributed by atoms with Crippen molar-refractivity contribution in [3.8, 4) is 0 Å². The highest BCUT2D eigenvalue weighted by atomic mass is 16.1. The van der Waals surface area contributed by atoms with Crippen LogP contribution in [0, 0.1) is 22.7 Å². The van der Waals surface area contributed by atoms with Gasteiger partial charge in [0.05, 0.1) is 0 Å². The van der Waals surface area contributed by atoms with Crippen LogP contribution in [0.2, 0.25) is 0 Å². The van der Waals surface area contributed by atoms with Crippen molar-refractivity contribution in [2.45, 2.75) is 38.5 Å². The topological polar surface area (TPSA) is 34.1 Å². The first-order chi connectivity index (χ1) is 6.78. The molecule has 3 aliphatic rings. The van der Waals surface area contributed by atoms with Crippen molar-refractivity contribution in [1.29, 1.82) is 0 Å². The second-order valence-electron chi connectivity index (χ2n) is 5.43. The lowest BCUT2D eigenvalue weighted by atomic mass is 9.61. The Hall–Kier alpha value is -0.660. The molecule has 2 bridgehead atoms. The Balaban J connectivity index is 2.13. The standard InChI is InChI=1S/C12H16O2/c13-7-11-5-3-9(6-11)10-2-1-4-12(10,11)8-14/h7-10H,1-6H2. The highest BCUT2D eigenvalue weighted by Gasteiger charge is 2.68. The van der Waals surface area contributed by atoms with Crippen LogP contribution in [0.15, 0.2) is 0 Å². The third-order valence-corrected chi connectivity index (χ3v) is 5.29. The van der Waals surface area contributed by atoms with Gasteiger partial charge in [-0.05, 0) is 43.9 Å². The molecular weight excluding hydrogens is 176 g/mol. The lowest BCUT2D eigenvalue weighted by Crippen LogP contribution is -2.43. The van der Waals surface area contributed by atoms with E-state index in [2.05, 4.69) is 0 Å². The fraction of sp³-hybridized carbons (Fsp3) is 0.833. The quantitative estimate of drug-likeness (QED) is 0.627. The molecule has 3 fully saturated rings. The van der Waals surface area contributed by atoms with Gasteiger partial charge in [-0.25, -0.2) is 0 Å². The molecule has 0 aromatic heterocycles. The van der Waals surface area contributed by atoms with Gasteiger partial charge in [0, 0.05) is 10.8 Å². The van der Waals surface area contributed by atoms with Crippen molar-refractivity contribution in [2.24, 2.45) is 22.7 Å². The Morgan fingerprint density at radius 3 is 2.64 bits per heavy atom. The molecule has 0 saturated heterocycles. The zero-order valence-electron chi connectivity index (χ0n) is 8.37. The molecule has 0 heterocycles. The van der Waals surface area contributed by atoms with E-state index in [9.17, 15) is 9.59 Å². The third kappa shape index (κ3) is 0.676. The Morgan fingerprint density at radius 2 is 1.93 bits per heavy atom. The van der Waals surface area contributed by atoms with E-state index in [-0.39, 0.29) is 10.8 Å². The molecule has 0 radical (unpaired) electrons. The molecule has 0 N–H and O–H groups in total. The first-order valence-electron chi connectivity index (χ1n) is 5.71. The molecule has 76 valence electrons. The second kappa shape index (κ2) is 2.47. The maximum Gasteiger partial charge on any atom is 0.127 e. The third-order valence-electron chi connectivity index (χ3n) is 5.29. The molecule has 4 unspecified atom stereocenters. The molecule has 2 heteroatoms. The fourth-order valence-corrected chi connectivity index (χ4v) is 4.69. The summed E-state index contributed by atoms with van der Waals surface area (Å²) >= 11 is 0. The van der Waals surface area contributed by atoms with Crippen molar-refractivity contribution in [3.05, 3.63) is 0 Å². The lowest BCUT2D eigenvalue weighted by molar-refractivity contribution is -0.135. The summed E-state index contributed by atoms with van der Waals surface area (Å²) in [7, 11) is 0. The Bertz CT molecular complexity index is 299. The summed E-state index contributed by atoms with van der Waals surface area (Å²) in [5, 5.41) is 0. The number of carbonyl (C=O) groups excluding carboxylic acids is 2. The second-order valence-corrected chi connectivity index (χ2v) is 5.43. The molecule has 14 heavy (non-hydrogen) atoms. The Labute approximate surface area is 84.1 Å². The molecule has 0 aromatic rings. The van der Waals surface area contributed by atoms with Gasteiger partial charge < -0.3 is 9.59 Å². The predicted octanol–water partition coefficient (Wildman–Crippen LogP) is 1.97. The van der Waals surface area contributed by atoms with E-state index in [0.29, 0.717) is 11.8 Å². The van der Waals surface area contributed by atoms with E-state index in [0.717, 1.165) is 38.3 Å². The molecule has 3 saturated carbocycles. The van der Waals surface area contributed by atoms with Crippen LogP contribution in [0.3, 0.4) is 0 Å². The Morgan fingerprint density at radius 1 is 1.07 bits per heavy atom. The zero-order chi connectivity index (χ0) is 9.81. The highest BCUT2D eigenvalue weighted by molar-refractivity contribution is 5.76. The highest BCUT2D eigenvalue weighted by Crippen LogP contribution is 2.70. The summed E-state index contributed by atoms with van der Waals surface area (Å²) in [6.45, 7) is 0. The van der Waals surface area contributed by atoms with Gasteiger partial charge in [-0.3, -0.25) is 0 Å². The van der Waals surface area contributed by atoms with Crippen LogP contribution in [-0.4, -0.2) is 12.6 Å². The van der Waals surface area contributed by atoms with E-state index < -0.39 is 0 Å². The zero-order valence-corrected chi connectivity index (χ0v) is 8.37. The predicted molar refractivity (Wildman–Crippen MR) is 51.7 cm³/mol. The van der Waals surface area contributed by atoms with Crippen molar-refractivity contribution < 1.29 is 9.59 Å². The molecule has 3 aliphatic carbocycles. The van der Waals surface area contributed by atoms with Gasteiger partial charge in [-0.2, -0.15) is 0 Å². The first kappa shape index (κ1) is 8.63. The van der Waals surface area contributed by atoms with Crippen LogP contribution in [-0.2, 0) is 9.59 Å². The molecule has 2 nitrogen and oxygen atoms in total. The number of carbonyl (C=O) groups is 2. The SMILES string of the molecule is O=CC12CCC(C1)C1CCCC12C=O. The minimum Gasteiger partial charge on any atom is -0.303 e. The van der Waals surface area contributed by atoms with E-state index in [1.54, 1.807) is 0 Å². The molecule has 4 atom stereocenters. The summed E-state index contributed by atoms with van der Waals surface area (Å²) in [5.41, 5.74) is -0.488. The Kier molecular flexibility index (Phi) is 1.52. The van der Waals surface area contributed by atoms with Crippen LogP contribution in [0.5, 0.6) is 0 Å². The van der Waals surface area contributed by atoms with Gasteiger partial charge in [-0.1, -0.05) is 6.42 Å². The lowest BCUT2D eigenvalue weighted by Gasteiger charge is -2.40. The molecule has 0 aliphatic heterocycles. The average molecular weight is 192 g/mol. The van der Waals surface area contributed by atoms with Gasteiger partial charge in [0.15, 0.2) is 0 Å². The normalized spacial score (nSPS) is 54.6. The van der Waals surface area contributed by atoms with Gasteiger partial charge in [-0.15, -0.1) is 0 Å². The largest absolute Gasteiger partial charge is 0.303 e. The van der Waals surface area contributed by atoms with Gasteiger partial charge in [0.25, 0.3) is 0 Å². The van der Waals surface area contributed by atoms with Crippen LogP contribution >= 0.6 is 0 Å².